The van der Waals surface area contributed by atoms with E-state index in [2.05, 4.69) is 42.8 Å². The van der Waals surface area contributed by atoms with Crippen molar-refractivity contribution >= 4 is 16.7 Å². The quantitative estimate of drug-likeness (QED) is 0.582. The van der Waals surface area contributed by atoms with Crippen molar-refractivity contribution in [3.8, 4) is 5.95 Å². The highest BCUT2D eigenvalue weighted by atomic mass is 32.1. The molecule has 0 spiro atoms. The lowest BCUT2D eigenvalue weighted by atomic mass is 10.0. The van der Waals surface area contributed by atoms with Crippen molar-refractivity contribution in [1.29, 1.82) is 0 Å². The summed E-state index contributed by atoms with van der Waals surface area (Å²) >= 11 is 1.40. The van der Waals surface area contributed by atoms with Crippen LogP contribution < -0.4 is 10.2 Å². The SMILES string of the molecule is CN(CCCNCCC1=COC=C(C2=CC=CCC2)O1)c1nc(-n2ccnc2)ns1. The second kappa shape index (κ2) is 10.2. The summed E-state index contributed by atoms with van der Waals surface area (Å²) in [4.78, 5) is 10.7. The third kappa shape index (κ3) is 5.37. The smallest absolute Gasteiger partial charge is 0.248 e. The third-order valence-corrected chi connectivity index (χ3v) is 5.63. The zero-order chi connectivity index (χ0) is 20.6. The van der Waals surface area contributed by atoms with Crippen LogP contribution in [0, 0.1) is 0 Å². The maximum atomic E-state index is 5.99. The van der Waals surface area contributed by atoms with Crippen molar-refractivity contribution in [3.05, 3.63) is 66.6 Å². The van der Waals surface area contributed by atoms with E-state index in [1.807, 2.05) is 17.8 Å². The topological polar surface area (TPSA) is 77.3 Å². The zero-order valence-electron chi connectivity index (χ0n) is 17.0. The molecule has 2 aromatic heterocycles. The largest absolute Gasteiger partial charge is 0.465 e. The lowest BCUT2D eigenvalue weighted by molar-refractivity contribution is 0.218. The van der Waals surface area contributed by atoms with E-state index in [4.69, 9.17) is 9.47 Å². The third-order valence-electron chi connectivity index (χ3n) is 4.81. The molecule has 1 aliphatic carbocycles. The van der Waals surface area contributed by atoms with Crippen LogP contribution in [0.5, 0.6) is 0 Å². The Morgan fingerprint density at radius 1 is 1.30 bits per heavy atom. The first-order valence-corrected chi connectivity index (χ1v) is 10.9. The summed E-state index contributed by atoms with van der Waals surface area (Å²) in [6.07, 6.45) is 18.8. The number of aromatic nitrogens is 4. The van der Waals surface area contributed by atoms with Gasteiger partial charge in [-0.15, -0.1) is 0 Å². The summed E-state index contributed by atoms with van der Waals surface area (Å²) in [5, 5.41) is 4.37. The Labute approximate surface area is 180 Å². The van der Waals surface area contributed by atoms with Crippen LogP contribution in [0.15, 0.2) is 66.6 Å². The van der Waals surface area contributed by atoms with Gasteiger partial charge in [0.15, 0.2) is 5.76 Å². The Morgan fingerprint density at radius 2 is 2.27 bits per heavy atom. The van der Waals surface area contributed by atoms with Gasteiger partial charge >= 0.3 is 0 Å². The summed E-state index contributed by atoms with van der Waals surface area (Å²) in [6, 6.07) is 0. The Bertz CT molecular complexity index is 945. The number of hydrogen-bond acceptors (Lipinski definition) is 8. The first-order chi connectivity index (χ1) is 14.8. The molecule has 0 aromatic carbocycles. The first-order valence-electron chi connectivity index (χ1n) is 10.1. The maximum absolute atomic E-state index is 5.99. The molecule has 4 rings (SSSR count). The predicted octanol–water partition coefficient (Wildman–Crippen LogP) is 3.54. The summed E-state index contributed by atoms with van der Waals surface area (Å²) in [6.45, 7) is 2.67. The van der Waals surface area contributed by atoms with Crippen LogP contribution >= 0.6 is 11.5 Å². The van der Waals surface area contributed by atoms with Crippen molar-refractivity contribution in [2.24, 2.45) is 0 Å². The number of imidazole rings is 1. The summed E-state index contributed by atoms with van der Waals surface area (Å²) in [7, 11) is 2.04. The van der Waals surface area contributed by atoms with Crippen molar-refractivity contribution in [2.75, 3.05) is 31.6 Å². The normalized spacial score (nSPS) is 15.7. The van der Waals surface area contributed by atoms with Crippen molar-refractivity contribution < 1.29 is 9.47 Å². The molecule has 0 saturated heterocycles. The molecule has 158 valence electrons. The van der Waals surface area contributed by atoms with E-state index >= 15 is 0 Å². The van der Waals surface area contributed by atoms with E-state index in [-0.39, 0.29) is 0 Å². The Morgan fingerprint density at radius 3 is 3.10 bits per heavy atom. The van der Waals surface area contributed by atoms with E-state index in [0.29, 0.717) is 5.95 Å². The monoisotopic (exact) mass is 426 g/mol. The number of nitrogens with one attached hydrogen (secondary N) is 1. The van der Waals surface area contributed by atoms with Crippen molar-refractivity contribution in [1.82, 2.24) is 24.2 Å². The average Bonchev–Trinajstić information content (AvgIpc) is 3.49. The number of hydrogen-bond donors (Lipinski definition) is 1. The Hall–Kier alpha value is -2.91. The van der Waals surface area contributed by atoms with Gasteiger partial charge in [0.05, 0.1) is 0 Å². The Kier molecular flexibility index (Phi) is 6.94. The fourth-order valence-corrected chi connectivity index (χ4v) is 3.79. The zero-order valence-corrected chi connectivity index (χ0v) is 17.8. The number of allylic oxidation sites excluding steroid dienone is 4. The molecular weight excluding hydrogens is 400 g/mol. The van der Waals surface area contributed by atoms with Gasteiger partial charge in [-0.05, 0) is 31.4 Å². The second-order valence-electron chi connectivity index (χ2n) is 7.09. The molecule has 1 aliphatic heterocycles. The van der Waals surface area contributed by atoms with Gasteiger partial charge in [0.1, 0.15) is 24.6 Å². The van der Waals surface area contributed by atoms with Gasteiger partial charge in [-0.3, -0.25) is 4.57 Å². The van der Waals surface area contributed by atoms with Crippen LogP contribution in [0.1, 0.15) is 25.7 Å². The van der Waals surface area contributed by atoms with Gasteiger partial charge in [0.25, 0.3) is 0 Å². The van der Waals surface area contributed by atoms with Gasteiger partial charge in [0.2, 0.25) is 11.1 Å². The van der Waals surface area contributed by atoms with E-state index in [0.717, 1.165) is 62.0 Å². The molecule has 3 heterocycles. The summed E-state index contributed by atoms with van der Waals surface area (Å²) in [5.41, 5.74) is 1.19. The minimum Gasteiger partial charge on any atom is -0.465 e. The van der Waals surface area contributed by atoms with Crippen LogP contribution in [0.25, 0.3) is 5.95 Å². The summed E-state index contributed by atoms with van der Waals surface area (Å²) in [5.74, 6) is 2.34. The maximum Gasteiger partial charge on any atom is 0.248 e. The van der Waals surface area contributed by atoms with E-state index in [9.17, 15) is 0 Å². The minimum atomic E-state index is 0.661. The molecule has 0 bridgehead atoms. The van der Waals surface area contributed by atoms with Gasteiger partial charge in [-0.1, -0.05) is 18.2 Å². The van der Waals surface area contributed by atoms with Gasteiger partial charge < -0.3 is 19.7 Å². The van der Waals surface area contributed by atoms with Gasteiger partial charge in [-0.25, -0.2) is 4.98 Å². The molecule has 0 saturated carbocycles. The van der Waals surface area contributed by atoms with Crippen molar-refractivity contribution in [2.45, 2.75) is 25.7 Å². The average molecular weight is 427 g/mol. The van der Waals surface area contributed by atoms with Crippen LogP contribution in [-0.4, -0.2) is 45.6 Å². The van der Waals surface area contributed by atoms with E-state index in [1.165, 1.54) is 17.1 Å². The standard InChI is InChI=1S/C21H26N6O2S/c1-26(21-24-20(25-30-21)27-13-11-23-16-27)12-5-9-22-10-8-18-14-28-15-19(29-18)17-6-3-2-4-7-17/h2-3,6,11,13-16,22H,4-5,7-10,12H2,1H3. The highest BCUT2D eigenvalue weighted by molar-refractivity contribution is 7.09. The fraction of sp³-hybridized carbons (Fsp3) is 0.381. The van der Waals surface area contributed by atoms with E-state index in [1.54, 1.807) is 25.0 Å². The highest BCUT2D eigenvalue weighted by Gasteiger charge is 2.15. The highest BCUT2D eigenvalue weighted by Crippen LogP contribution is 2.26. The molecule has 1 N–H and O–H groups in total. The molecule has 0 radical (unpaired) electrons. The number of nitrogens with zero attached hydrogens (tertiary/aromatic N) is 5. The Balaban J connectivity index is 1.12. The number of rotatable bonds is 10. The first kappa shape index (κ1) is 20.4. The molecule has 0 atom stereocenters. The predicted molar refractivity (Wildman–Crippen MR) is 117 cm³/mol. The summed E-state index contributed by atoms with van der Waals surface area (Å²) < 4.78 is 17.6. The molecule has 30 heavy (non-hydrogen) atoms. The van der Waals surface area contributed by atoms with Gasteiger partial charge in [-0.2, -0.15) is 9.36 Å². The van der Waals surface area contributed by atoms with Crippen LogP contribution in [-0.2, 0) is 9.47 Å². The van der Waals surface area contributed by atoms with Crippen LogP contribution in [0.4, 0.5) is 5.13 Å². The molecule has 2 aliphatic rings. The minimum absolute atomic E-state index is 0.661. The number of ether oxygens (including phenoxy) is 2. The molecule has 8 nitrogen and oxygen atoms in total. The fourth-order valence-electron chi connectivity index (χ4n) is 3.14. The van der Waals surface area contributed by atoms with E-state index < -0.39 is 0 Å². The molecule has 0 unspecified atom stereocenters. The lowest BCUT2D eigenvalue weighted by Crippen LogP contribution is -2.24. The molecule has 0 fully saturated rings. The molecule has 0 amide bonds. The molecule has 2 aromatic rings. The molecule has 9 heteroatoms. The number of anilines is 1. The van der Waals surface area contributed by atoms with Crippen molar-refractivity contribution in [3.63, 3.8) is 0 Å². The van der Waals surface area contributed by atoms with Crippen LogP contribution in [0.2, 0.25) is 0 Å². The second-order valence-corrected chi connectivity index (χ2v) is 7.82. The molecular formula is C21H26N6O2S. The van der Waals surface area contributed by atoms with Crippen LogP contribution in [0.3, 0.4) is 0 Å². The lowest BCUT2D eigenvalue weighted by Gasteiger charge is -2.20. The van der Waals surface area contributed by atoms with Gasteiger partial charge in [0, 0.05) is 50.5 Å².